The van der Waals surface area contributed by atoms with Crippen LogP contribution in [-0.2, 0) is 19.1 Å². The molecule has 4 N–H and O–H groups in total. The standard InChI is InChI=1S/C21H30I2N4O6/c1-21(2,3)13-32-6-7-33-20(31)25-5-4-24-19(30)14-8-15(26-17(28)11-22)10-16(9-14)27-18(29)12-23/h8-10H,4-7,11-13H2,1-3H3,(H,24,30)(H,25,31)(H,26,28)(H,27,29). The van der Waals surface area contributed by atoms with Crippen LogP contribution in [0.5, 0.6) is 0 Å². The van der Waals surface area contributed by atoms with Gasteiger partial charge in [0.25, 0.3) is 5.91 Å². The van der Waals surface area contributed by atoms with Gasteiger partial charge in [-0.15, -0.1) is 0 Å². The summed E-state index contributed by atoms with van der Waals surface area (Å²) in [6, 6.07) is 4.60. The summed E-state index contributed by atoms with van der Waals surface area (Å²) in [5.74, 6) is -0.881. The fourth-order valence-corrected chi connectivity index (χ4v) is 2.74. The molecule has 12 heteroatoms. The van der Waals surface area contributed by atoms with Crippen molar-refractivity contribution in [3.8, 4) is 0 Å². The van der Waals surface area contributed by atoms with Crippen molar-refractivity contribution in [3.63, 3.8) is 0 Å². The molecule has 0 spiro atoms. The largest absolute Gasteiger partial charge is 0.447 e. The van der Waals surface area contributed by atoms with Gasteiger partial charge < -0.3 is 30.7 Å². The molecule has 33 heavy (non-hydrogen) atoms. The normalized spacial score (nSPS) is 10.8. The van der Waals surface area contributed by atoms with Gasteiger partial charge in [0.15, 0.2) is 0 Å². The molecular weight excluding hydrogens is 658 g/mol. The number of rotatable bonds is 12. The van der Waals surface area contributed by atoms with Gasteiger partial charge in [0.05, 0.1) is 22.1 Å². The number of ether oxygens (including phenoxy) is 2. The minimum atomic E-state index is -0.601. The number of hydrogen-bond acceptors (Lipinski definition) is 6. The third kappa shape index (κ3) is 13.6. The smallest absolute Gasteiger partial charge is 0.407 e. The van der Waals surface area contributed by atoms with E-state index >= 15 is 0 Å². The van der Waals surface area contributed by atoms with E-state index in [4.69, 9.17) is 9.47 Å². The highest BCUT2D eigenvalue weighted by molar-refractivity contribution is 14.1. The van der Waals surface area contributed by atoms with Gasteiger partial charge in [0, 0.05) is 30.0 Å². The molecule has 0 aliphatic carbocycles. The highest BCUT2D eigenvalue weighted by Crippen LogP contribution is 2.20. The summed E-state index contributed by atoms with van der Waals surface area (Å²) in [6.07, 6.45) is -0.601. The van der Waals surface area contributed by atoms with E-state index < -0.39 is 12.0 Å². The Hall–Kier alpha value is -1.68. The van der Waals surface area contributed by atoms with Crippen molar-refractivity contribution in [2.24, 2.45) is 5.41 Å². The van der Waals surface area contributed by atoms with Crippen molar-refractivity contribution in [3.05, 3.63) is 23.8 Å². The van der Waals surface area contributed by atoms with Gasteiger partial charge in [0.2, 0.25) is 11.8 Å². The Morgan fingerprint density at radius 2 is 1.39 bits per heavy atom. The van der Waals surface area contributed by atoms with E-state index in [0.29, 0.717) is 24.6 Å². The molecule has 0 aliphatic rings. The minimum absolute atomic E-state index is 0.0449. The number of nitrogens with one attached hydrogen (secondary N) is 4. The first kappa shape index (κ1) is 29.4. The molecule has 0 saturated heterocycles. The molecule has 0 radical (unpaired) electrons. The summed E-state index contributed by atoms with van der Waals surface area (Å²) < 4.78 is 10.9. The summed E-state index contributed by atoms with van der Waals surface area (Å²) in [5.41, 5.74) is 1.08. The summed E-state index contributed by atoms with van der Waals surface area (Å²) in [5, 5.41) is 10.6. The summed E-state index contributed by atoms with van der Waals surface area (Å²) in [6.45, 7) is 7.48. The first-order valence-electron chi connectivity index (χ1n) is 10.2. The fraction of sp³-hybridized carbons (Fsp3) is 0.524. The number of hydrogen-bond donors (Lipinski definition) is 4. The van der Waals surface area contributed by atoms with Crippen molar-refractivity contribution >= 4 is 80.4 Å². The SMILES string of the molecule is CC(C)(C)COCCOC(=O)NCCNC(=O)c1cc(NC(=O)CI)cc(NC(=O)CI)c1. The predicted molar refractivity (Wildman–Crippen MR) is 143 cm³/mol. The number of anilines is 2. The molecule has 0 bridgehead atoms. The van der Waals surface area contributed by atoms with E-state index in [-0.39, 0.29) is 51.3 Å². The zero-order chi connectivity index (χ0) is 24.9. The highest BCUT2D eigenvalue weighted by Gasteiger charge is 2.12. The van der Waals surface area contributed by atoms with Crippen LogP contribution >= 0.6 is 45.2 Å². The molecule has 0 aliphatic heterocycles. The number of halogens is 2. The van der Waals surface area contributed by atoms with E-state index in [1.54, 1.807) is 6.07 Å². The lowest BCUT2D eigenvalue weighted by molar-refractivity contribution is -0.114. The van der Waals surface area contributed by atoms with E-state index in [9.17, 15) is 19.2 Å². The summed E-state index contributed by atoms with van der Waals surface area (Å²) in [7, 11) is 0. The average Bonchev–Trinajstić information content (AvgIpc) is 2.75. The Bertz CT molecular complexity index is 793. The first-order valence-corrected chi connectivity index (χ1v) is 13.2. The zero-order valence-corrected chi connectivity index (χ0v) is 23.2. The van der Waals surface area contributed by atoms with Gasteiger partial charge in [-0.3, -0.25) is 14.4 Å². The molecule has 1 rings (SSSR count). The van der Waals surface area contributed by atoms with Crippen LogP contribution in [0.1, 0.15) is 31.1 Å². The zero-order valence-electron chi connectivity index (χ0n) is 18.9. The topological polar surface area (TPSA) is 135 Å². The molecule has 10 nitrogen and oxygen atoms in total. The van der Waals surface area contributed by atoms with Crippen molar-refractivity contribution in [2.45, 2.75) is 20.8 Å². The lowest BCUT2D eigenvalue weighted by Gasteiger charge is -2.17. The Morgan fingerprint density at radius 3 is 1.91 bits per heavy atom. The number of alkyl carbamates (subject to hydrolysis) is 1. The van der Waals surface area contributed by atoms with E-state index in [1.807, 2.05) is 66.0 Å². The van der Waals surface area contributed by atoms with Gasteiger partial charge in [-0.05, 0) is 23.6 Å². The maximum absolute atomic E-state index is 12.5. The maximum atomic E-state index is 12.5. The second-order valence-electron chi connectivity index (χ2n) is 8.09. The third-order valence-electron chi connectivity index (χ3n) is 3.68. The highest BCUT2D eigenvalue weighted by atomic mass is 127. The second kappa shape index (κ2) is 15.3. The van der Waals surface area contributed by atoms with Gasteiger partial charge in [-0.1, -0.05) is 66.0 Å². The van der Waals surface area contributed by atoms with Crippen molar-refractivity contribution < 1.29 is 28.7 Å². The molecule has 1 aromatic carbocycles. The number of alkyl halides is 2. The van der Waals surface area contributed by atoms with Crippen LogP contribution in [0.3, 0.4) is 0 Å². The Morgan fingerprint density at radius 1 is 0.848 bits per heavy atom. The van der Waals surface area contributed by atoms with Crippen molar-refractivity contribution in [1.82, 2.24) is 10.6 Å². The van der Waals surface area contributed by atoms with Gasteiger partial charge in [0.1, 0.15) is 6.61 Å². The van der Waals surface area contributed by atoms with Crippen LogP contribution in [0.2, 0.25) is 0 Å². The van der Waals surface area contributed by atoms with Gasteiger partial charge >= 0.3 is 6.09 Å². The van der Waals surface area contributed by atoms with Crippen LogP contribution < -0.4 is 21.3 Å². The number of carbonyl (C=O) groups is 4. The Labute approximate surface area is 221 Å². The number of benzene rings is 1. The first-order chi connectivity index (χ1) is 15.5. The average molecular weight is 688 g/mol. The number of amides is 4. The molecule has 1 aromatic rings. The molecule has 0 heterocycles. The predicted octanol–water partition coefficient (Wildman–Crippen LogP) is 2.95. The minimum Gasteiger partial charge on any atom is -0.447 e. The van der Waals surface area contributed by atoms with Crippen LogP contribution in [0.25, 0.3) is 0 Å². The Balaban J connectivity index is 2.51. The Kier molecular flexibility index (Phi) is 13.6. The van der Waals surface area contributed by atoms with Gasteiger partial charge in [-0.25, -0.2) is 4.79 Å². The monoisotopic (exact) mass is 688 g/mol. The summed E-state index contributed by atoms with van der Waals surface area (Å²) >= 11 is 3.85. The van der Waals surface area contributed by atoms with E-state index in [1.165, 1.54) is 12.1 Å². The van der Waals surface area contributed by atoms with Crippen LogP contribution in [0.4, 0.5) is 16.2 Å². The molecule has 0 aromatic heterocycles. The molecule has 0 unspecified atom stereocenters. The third-order valence-corrected chi connectivity index (χ3v) is 5.07. The fourth-order valence-electron chi connectivity index (χ4n) is 2.36. The quantitative estimate of drug-likeness (QED) is 0.152. The number of carbonyl (C=O) groups excluding carboxylic acids is 4. The molecule has 184 valence electrons. The summed E-state index contributed by atoms with van der Waals surface area (Å²) in [4.78, 5) is 47.6. The maximum Gasteiger partial charge on any atom is 0.407 e. The van der Waals surface area contributed by atoms with E-state index in [0.717, 1.165) is 0 Å². The molecule has 0 atom stereocenters. The molecule has 0 saturated carbocycles. The van der Waals surface area contributed by atoms with Crippen molar-refractivity contribution in [2.75, 3.05) is 52.4 Å². The van der Waals surface area contributed by atoms with Crippen LogP contribution in [-0.4, -0.2) is 65.6 Å². The second-order valence-corrected chi connectivity index (χ2v) is 9.62. The van der Waals surface area contributed by atoms with E-state index in [2.05, 4.69) is 21.3 Å². The van der Waals surface area contributed by atoms with Gasteiger partial charge in [-0.2, -0.15) is 0 Å². The lowest BCUT2D eigenvalue weighted by Crippen LogP contribution is -2.35. The molecular formula is C21H30I2N4O6. The molecule has 4 amide bonds. The van der Waals surface area contributed by atoms with Crippen LogP contribution in [0.15, 0.2) is 18.2 Å². The van der Waals surface area contributed by atoms with Crippen molar-refractivity contribution in [1.29, 1.82) is 0 Å². The molecule has 0 fully saturated rings. The lowest BCUT2D eigenvalue weighted by atomic mass is 9.99. The van der Waals surface area contributed by atoms with Crippen LogP contribution in [0, 0.1) is 5.41 Å².